The molecule has 0 aliphatic carbocycles. The number of piperazine rings is 1. The van der Waals surface area contributed by atoms with E-state index in [1.165, 1.54) is 4.31 Å². The Bertz CT molecular complexity index is 845. The largest absolute Gasteiger partial charge is 0.313 e. The predicted octanol–water partition coefficient (Wildman–Crippen LogP) is 3.38. The minimum atomic E-state index is -4.05. The van der Waals surface area contributed by atoms with Crippen molar-refractivity contribution in [3.63, 3.8) is 0 Å². The monoisotopic (exact) mass is 408 g/mol. The summed E-state index contributed by atoms with van der Waals surface area (Å²) in [5.41, 5.74) is 0.718. The number of hydrogen-bond acceptors (Lipinski definition) is 3. The first-order valence-electron chi connectivity index (χ1n) is 7.32. The Morgan fingerprint density at radius 2 is 1.80 bits per heavy atom. The normalized spacial score (nSPS) is 18.6. The van der Waals surface area contributed by atoms with Gasteiger partial charge in [-0.1, -0.05) is 23.7 Å². The number of sulfonamides is 1. The average Bonchev–Trinajstić information content (AvgIpc) is 2.54. The molecule has 1 N–H and O–H groups in total. The third-order valence-corrected chi connectivity index (χ3v) is 5.99. The molecule has 2 aromatic rings. The number of rotatable bonds is 3. The van der Waals surface area contributed by atoms with Gasteiger partial charge in [-0.2, -0.15) is 4.31 Å². The number of benzene rings is 2. The van der Waals surface area contributed by atoms with Crippen molar-refractivity contribution in [2.24, 2.45) is 0 Å². The lowest BCUT2D eigenvalue weighted by Crippen LogP contribution is -2.48. The molecule has 1 atom stereocenters. The van der Waals surface area contributed by atoms with Crippen molar-refractivity contribution in [3.05, 3.63) is 64.7 Å². The second-order valence-corrected chi connectivity index (χ2v) is 7.82. The molecule has 0 spiro atoms. The van der Waals surface area contributed by atoms with Crippen LogP contribution in [0.3, 0.4) is 0 Å². The molecule has 0 radical (unpaired) electrons. The zero-order chi connectivity index (χ0) is 17.3. The summed E-state index contributed by atoms with van der Waals surface area (Å²) >= 11 is 6.00. The van der Waals surface area contributed by atoms with Gasteiger partial charge in [0.05, 0.1) is 10.9 Å². The van der Waals surface area contributed by atoms with E-state index in [2.05, 4.69) is 5.32 Å². The van der Waals surface area contributed by atoms with Crippen LogP contribution in [0.1, 0.15) is 11.6 Å². The number of nitrogens with one attached hydrogen (secondary N) is 1. The van der Waals surface area contributed by atoms with E-state index >= 15 is 0 Å². The molecule has 0 amide bonds. The SMILES string of the molecule is Cl.O=S(=O)(c1cc(F)cc(F)c1)N1CCNCC1c1cccc(Cl)c1. The quantitative estimate of drug-likeness (QED) is 0.846. The van der Waals surface area contributed by atoms with E-state index in [0.29, 0.717) is 24.2 Å². The molecule has 1 heterocycles. The first kappa shape index (κ1) is 20.1. The fourth-order valence-corrected chi connectivity index (χ4v) is 4.64. The Morgan fingerprint density at radius 3 is 2.44 bits per heavy atom. The van der Waals surface area contributed by atoms with Crippen LogP contribution in [0.25, 0.3) is 0 Å². The van der Waals surface area contributed by atoms with E-state index in [0.717, 1.165) is 17.7 Å². The molecule has 0 saturated carbocycles. The van der Waals surface area contributed by atoms with Crippen molar-refractivity contribution in [1.29, 1.82) is 0 Å². The lowest BCUT2D eigenvalue weighted by molar-refractivity contribution is 0.271. The number of nitrogens with zero attached hydrogens (tertiary/aromatic N) is 1. The molecule has 0 bridgehead atoms. The Kier molecular flexibility index (Phi) is 6.40. The third-order valence-electron chi connectivity index (χ3n) is 3.87. The standard InChI is InChI=1S/C16H15ClF2N2O2S.ClH/c17-12-3-1-2-11(6-12)16-10-20-4-5-21(16)24(22,23)15-8-13(18)7-14(19)9-15;/h1-3,6-9,16,20H,4-5,10H2;1H. The number of hydrogen-bond donors (Lipinski definition) is 1. The van der Waals surface area contributed by atoms with E-state index in [9.17, 15) is 17.2 Å². The van der Waals surface area contributed by atoms with E-state index in [-0.39, 0.29) is 19.0 Å². The van der Waals surface area contributed by atoms with Crippen molar-refractivity contribution in [3.8, 4) is 0 Å². The van der Waals surface area contributed by atoms with Gasteiger partial charge in [-0.3, -0.25) is 0 Å². The van der Waals surface area contributed by atoms with Crippen molar-refractivity contribution < 1.29 is 17.2 Å². The van der Waals surface area contributed by atoms with E-state index in [1.807, 2.05) is 0 Å². The molecule has 1 aliphatic heterocycles. The second kappa shape index (κ2) is 7.97. The summed E-state index contributed by atoms with van der Waals surface area (Å²) in [5.74, 6) is -1.86. The van der Waals surface area contributed by atoms with Gasteiger partial charge in [0, 0.05) is 30.7 Å². The summed E-state index contributed by atoms with van der Waals surface area (Å²) in [6, 6.07) is 8.69. The molecule has 9 heteroatoms. The summed E-state index contributed by atoms with van der Waals surface area (Å²) < 4.78 is 53.9. The molecule has 0 aromatic heterocycles. The van der Waals surface area contributed by atoms with Crippen LogP contribution in [0.2, 0.25) is 5.02 Å². The highest BCUT2D eigenvalue weighted by Crippen LogP contribution is 2.30. The average molecular weight is 409 g/mol. The van der Waals surface area contributed by atoms with Crippen molar-refractivity contribution in [1.82, 2.24) is 9.62 Å². The van der Waals surface area contributed by atoms with Gasteiger partial charge in [0.15, 0.2) is 0 Å². The molecular formula is C16H16Cl2F2N2O2S. The molecule has 1 saturated heterocycles. The van der Waals surface area contributed by atoms with Gasteiger partial charge in [-0.15, -0.1) is 12.4 Å². The van der Waals surface area contributed by atoms with Crippen LogP contribution in [-0.2, 0) is 10.0 Å². The summed E-state index contributed by atoms with van der Waals surface area (Å²) in [4.78, 5) is -0.395. The van der Waals surface area contributed by atoms with Gasteiger partial charge in [-0.05, 0) is 29.8 Å². The summed E-state index contributed by atoms with van der Waals surface area (Å²) in [7, 11) is -4.05. The molecule has 136 valence electrons. The Labute approximate surface area is 156 Å². The van der Waals surface area contributed by atoms with Gasteiger partial charge < -0.3 is 5.32 Å². The molecular weight excluding hydrogens is 393 g/mol. The topological polar surface area (TPSA) is 49.4 Å². The van der Waals surface area contributed by atoms with Gasteiger partial charge in [0.1, 0.15) is 11.6 Å². The first-order chi connectivity index (χ1) is 11.4. The van der Waals surface area contributed by atoms with Gasteiger partial charge in [0.25, 0.3) is 0 Å². The zero-order valence-corrected chi connectivity index (χ0v) is 15.3. The maximum absolute atomic E-state index is 13.4. The Balaban J connectivity index is 0.00000225. The van der Waals surface area contributed by atoms with Crippen molar-refractivity contribution in [2.45, 2.75) is 10.9 Å². The summed E-state index contributed by atoms with van der Waals surface area (Å²) in [6.07, 6.45) is 0. The molecule has 25 heavy (non-hydrogen) atoms. The highest BCUT2D eigenvalue weighted by molar-refractivity contribution is 7.89. The van der Waals surface area contributed by atoms with E-state index in [1.54, 1.807) is 24.3 Å². The Morgan fingerprint density at radius 1 is 1.12 bits per heavy atom. The molecule has 1 aliphatic rings. The molecule has 3 rings (SSSR count). The minimum absolute atomic E-state index is 0. The highest BCUT2D eigenvalue weighted by atomic mass is 35.5. The van der Waals surface area contributed by atoms with Crippen LogP contribution in [0.15, 0.2) is 47.4 Å². The highest BCUT2D eigenvalue weighted by Gasteiger charge is 2.35. The maximum atomic E-state index is 13.4. The van der Waals surface area contributed by atoms with Crippen LogP contribution in [-0.4, -0.2) is 32.4 Å². The van der Waals surface area contributed by atoms with Crippen LogP contribution < -0.4 is 5.32 Å². The van der Waals surface area contributed by atoms with E-state index < -0.39 is 32.6 Å². The lowest BCUT2D eigenvalue weighted by Gasteiger charge is -2.35. The second-order valence-electron chi connectivity index (χ2n) is 5.50. The lowest BCUT2D eigenvalue weighted by atomic mass is 10.1. The van der Waals surface area contributed by atoms with Crippen LogP contribution in [0, 0.1) is 11.6 Å². The molecule has 2 aromatic carbocycles. The summed E-state index contributed by atoms with van der Waals surface area (Å²) in [5, 5.41) is 3.62. The maximum Gasteiger partial charge on any atom is 0.243 e. The summed E-state index contributed by atoms with van der Waals surface area (Å²) in [6.45, 7) is 1.03. The fraction of sp³-hybridized carbons (Fsp3) is 0.250. The van der Waals surface area contributed by atoms with Gasteiger partial charge >= 0.3 is 0 Å². The zero-order valence-electron chi connectivity index (χ0n) is 13.0. The Hall–Kier alpha value is -1.25. The molecule has 1 unspecified atom stereocenters. The van der Waals surface area contributed by atoms with Crippen molar-refractivity contribution >= 4 is 34.0 Å². The van der Waals surface area contributed by atoms with Crippen LogP contribution >= 0.6 is 24.0 Å². The van der Waals surface area contributed by atoms with Crippen LogP contribution in [0.4, 0.5) is 8.78 Å². The fourth-order valence-electron chi connectivity index (χ4n) is 2.78. The molecule has 1 fully saturated rings. The van der Waals surface area contributed by atoms with E-state index in [4.69, 9.17) is 11.6 Å². The smallest absolute Gasteiger partial charge is 0.243 e. The van der Waals surface area contributed by atoms with Gasteiger partial charge in [0.2, 0.25) is 10.0 Å². The molecule has 4 nitrogen and oxygen atoms in total. The first-order valence-corrected chi connectivity index (χ1v) is 9.14. The van der Waals surface area contributed by atoms with Crippen molar-refractivity contribution in [2.75, 3.05) is 19.6 Å². The minimum Gasteiger partial charge on any atom is -0.313 e. The van der Waals surface area contributed by atoms with Crippen LogP contribution in [0.5, 0.6) is 0 Å². The van der Waals surface area contributed by atoms with Gasteiger partial charge in [-0.25, -0.2) is 17.2 Å². The third kappa shape index (κ3) is 4.30. The predicted molar refractivity (Wildman–Crippen MR) is 94.6 cm³/mol. The number of halogens is 4.